The number of aliphatic hydroxyl groups is 1. The van der Waals surface area contributed by atoms with E-state index in [0.717, 1.165) is 16.3 Å². The van der Waals surface area contributed by atoms with E-state index >= 15 is 0 Å². The van der Waals surface area contributed by atoms with Gasteiger partial charge in [0.25, 0.3) is 0 Å². The third-order valence-electron chi connectivity index (χ3n) is 2.70. The molecule has 6 heteroatoms. The van der Waals surface area contributed by atoms with Gasteiger partial charge in [0.15, 0.2) is 0 Å². The van der Waals surface area contributed by atoms with Crippen molar-refractivity contribution in [2.45, 2.75) is 19.9 Å². The maximum atomic E-state index is 11.7. The predicted octanol–water partition coefficient (Wildman–Crippen LogP) is 2.62. The average Bonchev–Trinajstić information content (AvgIpc) is 2.81. The van der Waals surface area contributed by atoms with Gasteiger partial charge in [-0.05, 0) is 13.8 Å². The highest BCUT2D eigenvalue weighted by atomic mass is 32.1. The van der Waals surface area contributed by atoms with Crippen LogP contribution in [0, 0.1) is 6.92 Å². The predicted molar refractivity (Wildman–Crippen MR) is 81.0 cm³/mol. The molecular formula is C14H17N3O2S. The first-order valence-electron chi connectivity index (χ1n) is 6.31. The van der Waals surface area contributed by atoms with Gasteiger partial charge in [0.05, 0.1) is 18.3 Å². The van der Waals surface area contributed by atoms with E-state index in [0.29, 0.717) is 5.00 Å². The van der Waals surface area contributed by atoms with Crippen molar-refractivity contribution in [1.82, 2.24) is 10.3 Å². The van der Waals surface area contributed by atoms with Crippen molar-refractivity contribution in [3.8, 4) is 10.6 Å². The van der Waals surface area contributed by atoms with Gasteiger partial charge >= 0.3 is 6.03 Å². The number of anilines is 1. The van der Waals surface area contributed by atoms with Gasteiger partial charge in [-0.15, -0.1) is 0 Å². The minimum absolute atomic E-state index is 0.0929. The molecule has 20 heavy (non-hydrogen) atoms. The summed E-state index contributed by atoms with van der Waals surface area (Å²) >= 11 is 1.43. The maximum absolute atomic E-state index is 11.7. The van der Waals surface area contributed by atoms with E-state index in [-0.39, 0.29) is 18.7 Å². The molecular weight excluding hydrogens is 274 g/mol. The molecule has 0 fully saturated rings. The second-order valence-corrected chi connectivity index (χ2v) is 5.48. The molecule has 0 aliphatic carbocycles. The van der Waals surface area contributed by atoms with E-state index < -0.39 is 0 Å². The molecule has 0 aliphatic rings. The molecule has 1 atom stereocenters. The molecule has 1 aromatic carbocycles. The number of carbonyl (C=O) groups is 1. The van der Waals surface area contributed by atoms with Crippen LogP contribution in [0.5, 0.6) is 0 Å². The third kappa shape index (κ3) is 3.55. The molecule has 0 aliphatic heterocycles. The van der Waals surface area contributed by atoms with Crippen molar-refractivity contribution in [2.75, 3.05) is 11.9 Å². The van der Waals surface area contributed by atoms with E-state index in [9.17, 15) is 4.79 Å². The fraction of sp³-hybridized carbons (Fsp3) is 0.286. The minimum atomic E-state index is -0.335. The summed E-state index contributed by atoms with van der Waals surface area (Å²) in [6.07, 6.45) is 0. The highest BCUT2D eigenvalue weighted by Crippen LogP contribution is 2.31. The average molecular weight is 291 g/mol. The lowest BCUT2D eigenvalue weighted by Gasteiger charge is -2.10. The summed E-state index contributed by atoms with van der Waals surface area (Å²) in [4.78, 5) is 16.2. The number of nitrogens with zero attached hydrogens (tertiary/aromatic N) is 1. The highest BCUT2D eigenvalue weighted by Gasteiger charge is 2.12. The lowest BCUT2D eigenvalue weighted by molar-refractivity contribution is 0.229. The zero-order valence-electron chi connectivity index (χ0n) is 11.4. The van der Waals surface area contributed by atoms with Gasteiger partial charge in [-0.2, -0.15) is 0 Å². The third-order valence-corrected chi connectivity index (χ3v) is 3.82. The quantitative estimate of drug-likeness (QED) is 0.810. The van der Waals surface area contributed by atoms with E-state index in [1.807, 2.05) is 37.3 Å². The summed E-state index contributed by atoms with van der Waals surface area (Å²) in [6.45, 7) is 3.49. The molecule has 3 N–H and O–H groups in total. The molecule has 0 bridgehead atoms. The number of benzene rings is 1. The second-order valence-electron chi connectivity index (χ2n) is 4.48. The Morgan fingerprint density at radius 2 is 2.10 bits per heavy atom. The van der Waals surface area contributed by atoms with Crippen LogP contribution in [0.4, 0.5) is 9.80 Å². The number of thiazole rings is 1. The van der Waals surface area contributed by atoms with E-state index in [1.165, 1.54) is 11.3 Å². The number of aliphatic hydroxyl groups excluding tert-OH is 1. The van der Waals surface area contributed by atoms with Crippen LogP contribution in [0.25, 0.3) is 10.6 Å². The molecule has 2 rings (SSSR count). The fourth-order valence-corrected chi connectivity index (χ4v) is 2.59. The van der Waals surface area contributed by atoms with Crippen LogP contribution in [-0.2, 0) is 0 Å². The standard InChI is InChI=1S/C14H17N3O2S/c1-9(8-18)15-14(19)17-12-10(2)16-13(20-12)11-6-4-3-5-7-11/h3-7,9,18H,8H2,1-2H3,(H2,15,17,19)/t9-/m0/s1. The van der Waals surface area contributed by atoms with Gasteiger partial charge in [-0.25, -0.2) is 9.78 Å². The Morgan fingerprint density at radius 3 is 2.75 bits per heavy atom. The van der Waals surface area contributed by atoms with Gasteiger partial charge in [-0.1, -0.05) is 41.7 Å². The normalized spacial score (nSPS) is 11.9. The fourth-order valence-electron chi connectivity index (χ4n) is 1.63. The first-order valence-corrected chi connectivity index (χ1v) is 7.13. The van der Waals surface area contributed by atoms with Crippen molar-refractivity contribution in [3.05, 3.63) is 36.0 Å². The van der Waals surface area contributed by atoms with Gasteiger partial charge in [-0.3, -0.25) is 5.32 Å². The van der Waals surface area contributed by atoms with E-state index in [2.05, 4.69) is 15.6 Å². The molecule has 0 radical (unpaired) electrons. The van der Waals surface area contributed by atoms with Gasteiger partial charge in [0.2, 0.25) is 0 Å². The van der Waals surface area contributed by atoms with Crippen molar-refractivity contribution in [1.29, 1.82) is 0 Å². The molecule has 106 valence electrons. The van der Waals surface area contributed by atoms with E-state index in [1.54, 1.807) is 6.92 Å². The Morgan fingerprint density at radius 1 is 1.40 bits per heavy atom. The Kier molecular flexibility index (Phi) is 4.70. The molecule has 1 heterocycles. The monoisotopic (exact) mass is 291 g/mol. The summed E-state index contributed by atoms with van der Waals surface area (Å²) in [5.74, 6) is 0. The van der Waals surface area contributed by atoms with Crippen LogP contribution in [0.15, 0.2) is 30.3 Å². The zero-order valence-corrected chi connectivity index (χ0v) is 12.2. The second kappa shape index (κ2) is 6.49. The number of urea groups is 1. The van der Waals surface area contributed by atoms with Gasteiger partial charge < -0.3 is 10.4 Å². The Hall–Kier alpha value is -1.92. The Bertz CT molecular complexity index is 583. The number of carbonyl (C=O) groups excluding carboxylic acids is 1. The molecule has 0 saturated carbocycles. The molecule has 0 spiro atoms. The van der Waals surface area contributed by atoms with Crippen LogP contribution in [0.1, 0.15) is 12.6 Å². The number of hydrogen-bond donors (Lipinski definition) is 3. The molecule has 0 unspecified atom stereocenters. The lowest BCUT2D eigenvalue weighted by atomic mass is 10.2. The largest absolute Gasteiger partial charge is 0.394 e. The van der Waals surface area contributed by atoms with Crippen LogP contribution >= 0.6 is 11.3 Å². The first-order chi connectivity index (χ1) is 9.60. The number of aryl methyl sites for hydroxylation is 1. The molecule has 2 amide bonds. The van der Waals surface area contributed by atoms with Gasteiger partial charge in [0.1, 0.15) is 10.0 Å². The topological polar surface area (TPSA) is 74.2 Å². The molecule has 2 aromatic rings. The SMILES string of the molecule is Cc1nc(-c2ccccc2)sc1NC(=O)N[C@@H](C)CO. The lowest BCUT2D eigenvalue weighted by Crippen LogP contribution is -2.38. The Labute approximate surface area is 121 Å². The van der Waals surface area contributed by atoms with Crippen molar-refractivity contribution < 1.29 is 9.90 Å². The van der Waals surface area contributed by atoms with E-state index in [4.69, 9.17) is 5.11 Å². The first kappa shape index (κ1) is 14.5. The number of nitrogens with one attached hydrogen (secondary N) is 2. The summed E-state index contributed by atoms with van der Waals surface area (Å²) < 4.78 is 0. The highest BCUT2D eigenvalue weighted by molar-refractivity contribution is 7.19. The summed E-state index contributed by atoms with van der Waals surface area (Å²) in [5, 5.41) is 15.9. The number of aromatic nitrogens is 1. The summed E-state index contributed by atoms with van der Waals surface area (Å²) in [5.41, 5.74) is 1.80. The van der Waals surface area contributed by atoms with Gasteiger partial charge in [0, 0.05) is 5.56 Å². The molecule has 0 saturated heterocycles. The van der Waals surface area contributed by atoms with Crippen molar-refractivity contribution >= 4 is 22.4 Å². The summed E-state index contributed by atoms with van der Waals surface area (Å²) in [6, 6.07) is 9.21. The maximum Gasteiger partial charge on any atom is 0.320 e. The summed E-state index contributed by atoms with van der Waals surface area (Å²) in [7, 11) is 0. The van der Waals surface area contributed by atoms with Crippen LogP contribution in [0.3, 0.4) is 0 Å². The minimum Gasteiger partial charge on any atom is -0.394 e. The number of hydrogen-bond acceptors (Lipinski definition) is 4. The number of rotatable bonds is 4. The van der Waals surface area contributed by atoms with Crippen molar-refractivity contribution in [2.24, 2.45) is 0 Å². The molecule has 1 aromatic heterocycles. The van der Waals surface area contributed by atoms with Crippen LogP contribution < -0.4 is 10.6 Å². The van der Waals surface area contributed by atoms with Crippen LogP contribution in [-0.4, -0.2) is 28.8 Å². The smallest absolute Gasteiger partial charge is 0.320 e. The number of amides is 2. The molecule has 5 nitrogen and oxygen atoms in total. The van der Waals surface area contributed by atoms with Crippen LogP contribution in [0.2, 0.25) is 0 Å². The zero-order chi connectivity index (χ0) is 14.5. The van der Waals surface area contributed by atoms with Crippen molar-refractivity contribution in [3.63, 3.8) is 0 Å². The Balaban J connectivity index is 2.10.